The lowest BCUT2D eigenvalue weighted by molar-refractivity contribution is -0.106. The first-order valence-electron chi connectivity index (χ1n) is 17.4. The molecule has 0 amide bonds. The van der Waals surface area contributed by atoms with E-state index < -0.39 is 0 Å². The summed E-state index contributed by atoms with van der Waals surface area (Å²) < 4.78 is 0. The zero-order valence-corrected chi connectivity index (χ0v) is 28.6. The van der Waals surface area contributed by atoms with E-state index >= 15 is 0 Å². The first-order valence-corrected chi connectivity index (χ1v) is 17.4. The molecule has 3 aliphatic carbocycles. The van der Waals surface area contributed by atoms with Crippen LogP contribution in [-0.4, -0.2) is 12.0 Å². The average molecular weight is 564 g/mol. The molecule has 4 aliphatic rings. The molecule has 5 rings (SSSR count). The SMILES string of the molecule is CC=O.CCC1C=C(c2ccc3c(c2)C(C)(C)CCC3(C)C)N=C1C1CCCCC1.CCCC.CCCCC1CC1. The number of carbonyl (C=O) groups is 1. The Balaban J connectivity index is 0.000000348. The number of benzene rings is 1. The molecule has 1 aromatic carbocycles. The molecule has 0 radical (unpaired) electrons. The van der Waals surface area contributed by atoms with Gasteiger partial charge in [0.2, 0.25) is 0 Å². The number of hydrogen-bond donors (Lipinski definition) is 0. The van der Waals surface area contributed by atoms with Gasteiger partial charge in [0, 0.05) is 17.2 Å². The van der Waals surface area contributed by atoms with Gasteiger partial charge in [-0.05, 0) is 85.0 Å². The van der Waals surface area contributed by atoms with Gasteiger partial charge < -0.3 is 4.79 Å². The molecule has 41 heavy (non-hydrogen) atoms. The van der Waals surface area contributed by atoms with Gasteiger partial charge >= 0.3 is 0 Å². The number of nitrogens with zero attached hydrogens (tertiary/aromatic N) is 1. The second-order valence-electron chi connectivity index (χ2n) is 14.3. The summed E-state index contributed by atoms with van der Waals surface area (Å²) in [5.41, 5.74) is 7.71. The fraction of sp³-hybridized carbons (Fsp3) is 0.744. The highest BCUT2D eigenvalue weighted by molar-refractivity contribution is 5.99. The van der Waals surface area contributed by atoms with Crippen molar-refractivity contribution in [3.63, 3.8) is 0 Å². The van der Waals surface area contributed by atoms with E-state index in [1.54, 1.807) is 11.1 Å². The van der Waals surface area contributed by atoms with Crippen LogP contribution in [0.1, 0.15) is 175 Å². The predicted molar refractivity (Wildman–Crippen MR) is 182 cm³/mol. The molecule has 2 heteroatoms. The second kappa shape index (κ2) is 17.4. The second-order valence-corrected chi connectivity index (χ2v) is 14.3. The third-order valence-corrected chi connectivity index (χ3v) is 9.76. The molecule has 0 aromatic heterocycles. The summed E-state index contributed by atoms with van der Waals surface area (Å²) >= 11 is 0. The van der Waals surface area contributed by atoms with Crippen molar-refractivity contribution in [3.8, 4) is 0 Å². The molecule has 0 N–H and O–H groups in total. The molecule has 1 aliphatic heterocycles. The normalized spacial score (nSPS) is 22.3. The lowest BCUT2D eigenvalue weighted by Crippen LogP contribution is -2.33. The summed E-state index contributed by atoms with van der Waals surface area (Å²) in [4.78, 5) is 14.1. The number of unbranched alkanes of at least 4 members (excludes halogenated alkanes) is 2. The molecule has 2 fully saturated rings. The smallest absolute Gasteiger partial charge is 0.116 e. The van der Waals surface area contributed by atoms with Gasteiger partial charge in [-0.2, -0.15) is 0 Å². The van der Waals surface area contributed by atoms with E-state index in [9.17, 15) is 0 Å². The third kappa shape index (κ3) is 10.8. The van der Waals surface area contributed by atoms with Crippen molar-refractivity contribution in [2.75, 3.05) is 0 Å². The summed E-state index contributed by atoms with van der Waals surface area (Å²) in [6, 6.07) is 7.22. The van der Waals surface area contributed by atoms with Crippen LogP contribution in [0.15, 0.2) is 29.3 Å². The van der Waals surface area contributed by atoms with Crippen LogP contribution in [0.5, 0.6) is 0 Å². The molecule has 1 atom stereocenters. The van der Waals surface area contributed by atoms with Crippen molar-refractivity contribution in [3.05, 3.63) is 41.0 Å². The van der Waals surface area contributed by atoms with Crippen LogP contribution in [0, 0.1) is 17.8 Å². The standard InChI is InChI=1S/C26H37N.C7H14.C4H10.C2H4O/c1-6-18-17-23(27-24(18)19-10-8-7-9-11-19)20-12-13-21-22(16-20)26(4,5)15-14-25(21,2)3;1-2-3-4-7-5-6-7;1-3-4-2;1-2-3/h12-13,16-19H,6-11,14-15H2,1-5H3;7H,2-6H2,1H3;3-4H2,1-2H3;2H,1H3. The minimum absolute atomic E-state index is 0.264. The van der Waals surface area contributed by atoms with Crippen LogP contribution in [-0.2, 0) is 15.6 Å². The molecular formula is C39H65NO. The zero-order chi connectivity index (χ0) is 30.5. The highest BCUT2D eigenvalue weighted by atomic mass is 16.1. The van der Waals surface area contributed by atoms with E-state index in [2.05, 4.69) is 79.7 Å². The molecule has 2 nitrogen and oxygen atoms in total. The summed E-state index contributed by atoms with van der Waals surface area (Å²) in [6.07, 6.45) is 23.9. The largest absolute Gasteiger partial charge is 0.304 e. The number of aldehydes is 1. The minimum atomic E-state index is 0.264. The number of carbonyl (C=O) groups excluding carboxylic acids is 1. The van der Waals surface area contributed by atoms with Crippen molar-refractivity contribution in [1.29, 1.82) is 0 Å². The Kier molecular flexibility index (Phi) is 15.1. The van der Waals surface area contributed by atoms with E-state index in [0.29, 0.717) is 5.92 Å². The fourth-order valence-electron chi connectivity index (χ4n) is 6.46. The van der Waals surface area contributed by atoms with E-state index in [1.807, 2.05) is 0 Å². The summed E-state index contributed by atoms with van der Waals surface area (Å²) in [6.45, 7) is 20.0. The Morgan fingerprint density at radius 1 is 0.829 bits per heavy atom. The van der Waals surface area contributed by atoms with Crippen LogP contribution in [0.25, 0.3) is 5.70 Å². The monoisotopic (exact) mass is 564 g/mol. The van der Waals surface area contributed by atoms with E-state index in [0.717, 1.165) is 18.1 Å². The Morgan fingerprint density at radius 3 is 1.93 bits per heavy atom. The fourth-order valence-corrected chi connectivity index (χ4v) is 6.46. The van der Waals surface area contributed by atoms with Gasteiger partial charge in [-0.25, -0.2) is 0 Å². The van der Waals surface area contributed by atoms with Crippen molar-refractivity contribution in [2.45, 2.75) is 169 Å². The molecule has 1 unspecified atom stereocenters. The molecule has 0 saturated heterocycles. The number of rotatable bonds is 7. The van der Waals surface area contributed by atoms with E-state index in [4.69, 9.17) is 9.79 Å². The highest BCUT2D eigenvalue weighted by Crippen LogP contribution is 2.47. The molecule has 232 valence electrons. The van der Waals surface area contributed by atoms with Gasteiger partial charge in [0.15, 0.2) is 0 Å². The van der Waals surface area contributed by atoms with Crippen LogP contribution in [0.4, 0.5) is 0 Å². The summed E-state index contributed by atoms with van der Waals surface area (Å²) in [5, 5.41) is 0. The lowest BCUT2D eigenvalue weighted by Gasteiger charge is -2.42. The molecule has 1 heterocycles. The Hall–Kier alpha value is -1.70. The first-order chi connectivity index (χ1) is 19.6. The average Bonchev–Trinajstić information content (AvgIpc) is 3.71. The Morgan fingerprint density at radius 2 is 1.41 bits per heavy atom. The molecule has 0 spiro atoms. The van der Waals surface area contributed by atoms with Crippen LogP contribution in [0.2, 0.25) is 0 Å². The van der Waals surface area contributed by atoms with Gasteiger partial charge in [-0.15, -0.1) is 0 Å². The maximum Gasteiger partial charge on any atom is 0.116 e. The van der Waals surface area contributed by atoms with Gasteiger partial charge in [-0.1, -0.05) is 132 Å². The maximum atomic E-state index is 8.81. The summed E-state index contributed by atoms with van der Waals surface area (Å²) in [5.74, 6) is 2.44. The van der Waals surface area contributed by atoms with Crippen molar-refractivity contribution in [2.24, 2.45) is 22.7 Å². The topological polar surface area (TPSA) is 29.4 Å². The lowest BCUT2D eigenvalue weighted by atomic mass is 9.63. The molecule has 0 bridgehead atoms. The van der Waals surface area contributed by atoms with Crippen LogP contribution < -0.4 is 0 Å². The number of fused-ring (bicyclic) bond motifs is 1. The highest BCUT2D eigenvalue weighted by Gasteiger charge is 2.37. The molecule has 1 aromatic rings. The van der Waals surface area contributed by atoms with E-state index in [-0.39, 0.29) is 10.8 Å². The summed E-state index contributed by atoms with van der Waals surface area (Å²) in [7, 11) is 0. The van der Waals surface area contributed by atoms with Gasteiger partial charge in [-0.3, -0.25) is 4.99 Å². The Labute approximate surface area is 255 Å². The van der Waals surface area contributed by atoms with Gasteiger partial charge in [0.05, 0.1) is 5.70 Å². The van der Waals surface area contributed by atoms with Crippen molar-refractivity contribution >= 4 is 17.7 Å². The molecular weight excluding hydrogens is 498 g/mol. The quantitative estimate of drug-likeness (QED) is 0.303. The minimum Gasteiger partial charge on any atom is -0.304 e. The number of aliphatic imine (C=N–C) groups is 1. The van der Waals surface area contributed by atoms with Crippen LogP contribution >= 0.6 is 0 Å². The maximum absolute atomic E-state index is 8.81. The van der Waals surface area contributed by atoms with Crippen molar-refractivity contribution < 1.29 is 4.79 Å². The van der Waals surface area contributed by atoms with Crippen molar-refractivity contribution in [1.82, 2.24) is 0 Å². The predicted octanol–water partition coefficient (Wildman–Crippen LogP) is 12.0. The van der Waals surface area contributed by atoms with Gasteiger partial charge in [0.25, 0.3) is 0 Å². The third-order valence-electron chi connectivity index (χ3n) is 9.76. The molecule has 2 saturated carbocycles. The van der Waals surface area contributed by atoms with Gasteiger partial charge in [0.1, 0.15) is 6.29 Å². The number of allylic oxidation sites excluding steroid dienone is 1. The number of hydrogen-bond acceptors (Lipinski definition) is 2. The van der Waals surface area contributed by atoms with Crippen LogP contribution in [0.3, 0.4) is 0 Å². The first kappa shape index (κ1) is 35.5. The van der Waals surface area contributed by atoms with E-state index in [1.165, 1.54) is 120 Å². The zero-order valence-electron chi connectivity index (χ0n) is 28.6. The Bertz CT molecular complexity index is 969.